The predicted octanol–water partition coefficient (Wildman–Crippen LogP) is 2.95. The van der Waals surface area contributed by atoms with Crippen molar-refractivity contribution in [2.45, 2.75) is 6.92 Å². The minimum Gasteiger partial charge on any atom is -0.378 e. The molecule has 0 spiro atoms. The van der Waals surface area contributed by atoms with E-state index in [9.17, 15) is 4.79 Å². The smallest absolute Gasteiger partial charge is 0.283 e. The SMILES string of the molecule is Cc1c(C(=O)N/N=C\c2ccc(N(C)C)cc2)sc(=S)n1C. The number of amides is 1. The number of hydrogen-bond donors (Lipinski definition) is 1. The molecule has 1 amide bonds. The van der Waals surface area contributed by atoms with Crippen LogP contribution in [0.5, 0.6) is 0 Å². The summed E-state index contributed by atoms with van der Waals surface area (Å²) < 4.78 is 2.49. The van der Waals surface area contributed by atoms with Gasteiger partial charge < -0.3 is 9.47 Å². The maximum atomic E-state index is 12.1. The molecule has 0 saturated heterocycles. The van der Waals surface area contributed by atoms with Gasteiger partial charge in [0, 0.05) is 32.5 Å². The van der Waals surface area contributed by atoms with Crippen molar-refractivity contribution in [1.82, 2.24) is 9.99 Å². The Morgan fingerprint density at radius 3 is 2.50 bits per heavy atom. The third kappa shape index (κ3) is 3.61. The third-order valence-electron chi connectivity index (χ3n) is 3.29. The number of hydrazone groups is 1. The molecule has 116 valence electrons. The summed E-state index contributed by atoms with van der Waals surface area (Å²) in [4.78, 5) is 14.7. The van der Waals surface area contributed by atoms with Crippen LogP contribution in [0.2, 0.25) is 0 Å². The van der Waals surface area contributed by atoms with Crippen molar-refractivity contribution < 1.29 is 4.79 Å². The quantitative estimate of drug-likeness (QED) is 0.531. The summed E-state index contributed by atoms with van der Waals surface area (Å²) in [5, 5.41) is 4.00. The molecular formula is C15H18N4OS2. The molecule has 5 nitrogen and oxygen atoms in total. The number of carbonyl (C=O) groups is 1. The summed E-state index contributed by atoms with van der Waals surface area (Å²) in [6.07, 6.45) is 1.62. The summed E-state index contributed by atoms with van der Waals surface area (Å²) in [6, 6.07) is 7.89. The van der Waals surface area contributed by atoms with Crippen LogP contribution in [0, 0.1) is 10.9 Å². The molecule has 0 atom stereocenters. The van der Waals surface area contributed by atoms with Gasteiger partial charge >= 0.3 is 0 Å². The highest BCUT2D eigenvalue weighted by atomic mass is 32.1. The monoisotopic (exact) mass is 334 g/mol. The van der Waals surface area contributed by atoms with Gasteiger partial charge in [-0.3, -0.25) is 4.79 Å². The van der Waals surface area contributed by atoms with E-state index in [1.54, 1.807) is 6.21 Å². The van der Waals surface area contributed by atoms with Gasteiger partial charge in [0.15, 0.2) is 3.95 Å². The minimum atomic E-state index is -0.240. The van der Waals surface area contributed by atoms with Crippen molar-refractivity contribution in [2.75, 3.05) is 19.0 Å². The van der Waals surface area contributed by atoms with Crippen LogP contribution in [0.25, 0.3) is 0 Å². The summed E-state index contributed by atoms with van der Waals surface area (Å²) >= 11 is 6.45. The predicted molar refractivity (Wildman–Crippen MR) is 94.7 cm³/mol. The van der Waals surface area contributed by atoms with E-state index >= 15 is 0 Å². The van der Waals surface area contributed by atoms with Crippen LogP contribution < -0.4 is 10.3 Å². The lowest BCUT2D eigenvalue weighted by Gasteiger charge is -2.11. The lowest BCUT2D eigenvalue weighted by molar-refractivity contribution is 0.0958. The molecule has 22 heavy (non-hydrogen) atoms. The Bertz CT molecular complexity index is 757. The molecular weight excluding hydrogens is 316 g/mol. The van der Waals surface area contributed by atoms with Gasteiger partial charge in [0.2, 0.25) is 0 Å². The molecule has 1 heterocycles. The molecule has 0 aliphatic heterocycles. The van der Waals surface area contributed by atoms with E-state index < -0.39 is 0 Å². The largest absolute Gasteiger partial charge is 0.378 e. The van der Waals surface area contributed by atoms with Crippen LogP contribution in [0.4, 0.5) is 5.69 Å². The number of benzene rings is 1. The summed E-state index contributed by atoms with van der Waals surface area (Å²) in [5.74, 6) is -0.240. The second-order valence-electron chi connectivity index (χ2n) is 5.03. The fraction of sp³-hybridized carbons (Fsp3) is 0.267. The summed E-state index contributed by atoms with van der Waals surface area (Å²) in [7, 11) is 5.82. The van der Waals surface area contributed by atoms with Crippen molar-refractivity contribution in [3.63, 3.8) is 0 Å². The van der Waals surface area contributed by atoms with E-state index in [1.807, 2.05) is 61.8 Å². The van der Waals surface area contributed by atoms with Gasteiger partial charge in [0.05, 0.1) is 6.21 Å². The average molecular weight is 334 g/mol. The van der Waals surface area contributed by atoms with Crippen LogP contribution >= 0.6 is 23.6 Å². The molecule has 0 bridgehead atoms. The topological polar surface area (TPSA) is 49.6 Å². The number of nitrogens with one attached hydrogen (secondary N) is 1. The van der Waals surface area contributed by atoms with E-state index in [0.717, 1.165) is 16.9 Å². The van der Waals surface area contributed by atoms with Crippen molar-refractivity contribution in [3.05, 3.63) is 44.4 Å². The molecule has 0 aliphatic rings. The Hall–Kier alpha value is -1.99. The molecule has 0 aliphatic carbocycles. The van der Waals surface area contributed by atoms with Crippen molar-refractivity contribution in [1.29, 1.82) is 0 Å². The van der Waals surface area contributed by atoms with Crippen LogP contribution in [0.15, 0.2) is 29.4 Å². The fourth-order valence-electron chi connectivity index (χ4n) is 1.80. The third-order valence-corrected chi connectivity index (χ3v) is 4.95. The lowest BCUT2D eigenvalue weighted by atomic mass is 10.2. The van der Waals surface area contributed by atoms with Crippen LogP contribution in [-0.2, 0) is 7.05 Å². The molecule has 1 aromatic heterocycles. The molecule has 0 radical (unpaired) electrons. The van der Waals surface area contributed by atoms with Crippen molar-refractivity contribution in [2.24, 2.45) is 12.1 Å². The zero-order valence-electron chi connectivity index (χ0n) is 13.0. The number of hydrogen-bond acceptors (Lipinski definition) is 5. The van der Waals surface area contributed by atoms with Gasteiger partial charge in [-0.2, -0.15) is 5.10 Å². The molecule has 2 aromatic rings. The molecule has 0 unspecified atom stereocenters. The van der Waals surface area contributed by atoms with Gasteiger partial charge in [-0.05, 0) is 36.8 Å². The Kier molecular flexibility index (Phi) is 5.10. The number of aromatic nitrogens is 1. The van der Waals surface area contributed by atoms with Gasteiger partial charge in [-0.1, -0.05) is 23.5 Å². The molecule has 7 heteroatoms. The summed E-state index contributed by atoms with van der Waals surface area (Å²) in [6.45, 7) is 1.87. The highest BCUT2D eigenvalue weighted by Gasteiger charge is 2.13. The number of anilines is 1. The number of nitrogens with zero attached hydrogens (tertiary/aromatic N) is 3. The van der Waals surface area contributed by atoms with Gasteiger partial charge in [-0.25, -0.2) is 5.43 Å². The number of thiazole rings is 1. The van der Waals surface area contributed by atoms with Crippen LogP contribution in [-0.4, -0.2) is 30.8 Å². The van der Waals surface area contributed by atoms with Gasteiger partial charge in [0.25, 0.3) is 5.91 Å². The van der Waals surface area contributed by atoms with Crippen molar-refractivity contribution >= 4 is 41.4 Å². The molecule has 1 aromatic carbocycles. The van der Waals surface area contributed by atoms with E-state index in [0.29, 0.717) is 8.83 Å². The zero-order valence-corrected chi connectivity index (χ0v) is 14.6. The van der Waals surface area contributed by atoms with Gasteiger partial charge in [0.1, 0.15) is 4.88 Å². The molecule has 0 fully saturated rings. The minimum absolute atomic E-state index is 0.240. The Balaban J connectivity index is 2.04. The van der Waals surface area contributed by atoms with Crippen LogP contribution in [0.1, 0.15) is 20.9 Å². The van der Waals surface area contributed by atoms with E-state index in [-0.39, 0.29) is 5.91 Å². The van der Waals surface area contributed by atoms with Gasteiger partial charge in [-0.15, -0.1) is 0 Å². The zero-order chi connectivity index (χ0) is 16.3. The number of carbonyl (C=O) groups excluding carboxylic acids is 1. The van der Waals surface area contributed by atoms with Crippen LogP contribution in [0.3, 0.4) is 0 Å². The summed E-state index contributed by atoms with van der Waals surface area (Å²) in [5.41, 5.74) is 5.41. The first-order valence-corrected chi connectivity index (χ1v) is 7.90. The number of rotatable bonds is 4. The maximum absolute atomic E-state index is 12.1. The first-order chi connectivity index (χ1) is 10.4. The second kappa shape index (κ2) is 6.85. The molecule has 2 rings (SSSR count). The first-order valence-electron chi connectivity index (χ1n) is 6.67. The highest BCUT2D eigenvalue weighted by molar-refractivity contribution is 7.73. The first kappa shape index (κ1) is 16.4. The Morgan fingerprint density at radius 2 is 2.00 bits per heavy atom. The Labute approximate surface area is 138 Å². The normalized spacial score (nSPS) is 10.9. The Morgan fingerprint density at radius 1 is 1.36 bits per heavy atom. The lowest BCUT2D eigenvalue weighted by Crippen LogP contribution is -2.17. The highest BCUT2D eigenvalue weighted by Crippen LogP contribution is 2.17. The average Bonchev–Trinajstić information content (AvgIpc) is 2.75. The fourth-order valence-corrected chi connectivity index (χ4v) is 3.06. The van der Waals surface area contributed by atoms with Crippen molar-refractivity contribution in [3.8, 4) is 0 Å². The second-order valence-corrected chi connectivity index (χ2v) is 6.67. The van der Waals surface area contributed by atoms with E-state index in [1.165, 1.54) is 11.3 Å². The van der Waals surface area contributed by atoms with E-state index in [4.69, 9.17) is 12.2 Å². The molecule has 1 N–H and O–H groups in total. The van der Waals surface area contributed by atoms with E-state index in [2.05, 4.69) is 10.5 Å². The molecule has 0 saturated carbocycles. The standard InChI is InChI=1S/C15H18N4OS2/c1-10-13(22-15(21)19(10)4)14(20)17-16-9-11-5-7-12(8-6-11)18(2)3/h5-9H,1-4H3,(H,17,20)/b16-9-. The maximum Gasteiger partial charge on any atom is 0.283 e.